The smallest absolute Gasteiger partial charge is 0.117 e. The highest BCUT2D eigenvalue weighted by atomic mass is 15.6. The number of imidazole rings is 1. The molecule has 106 valence electrons. The normalized spacial score (nSPS) is 10.7. The molecule has 0 bridgehead atoms. The van der Waals surface area contributed by atoms with E-state index >= 15 is 0 Å². The van der Waals surface area contributed by atoms with E-state index < -0.39 is 0 Å². The van der Waals surface area contributed by atoms with Crippen molar-refractivity contribution in [1.82, 2.24) is 24.8 Å². The average molecular weight is 287 g/mol. The molecule has 2 heterocycles. The van der Waals surface area contributed by atoms with Gasteiger partial charge in [-0.3, -0.25) is 0 Å². The second-order valence-corrected chi connectivity index (χ2v) is 4.91. The number of hydrogen-bond donors (Lipinski definition) is 0. The summed E-state index contributed by atoms with van der Waals surface area (Å²) >= 11 is 0. The maximum Gasteiger partial charge on any atom is 0.117 e. The molecule has 0 fully saturated rings. The molecule has 0 aliphatic rings. The summed E-state index contributed by atoms with van der Waals surface area (Å²) in [6.45, 7) is 0. The number of benzene rings is 2. The standard InChI is InChI=1S/C17H13N5/c1-2-5-14(6-3-1)15-7-4-8-16(11-15)17-12-22(20-19-17)21-10-9-18-13-21/h1-13H. The Hall–Kier alpha value is -3.21. The molecule has 4 rings (SSSR count). The lowest BCUT2D eigenvalue weighted by atomic mass is 10.0. The van der Waals surface area contributed by atoms with E-state index in [1.807, 2.05) is 42.7 Å². The molecule has 0 unspecified atom stereocenters. The lowest BCUT2D eigenvalue weighted by Gasteiger charge is -2.03. The van der Waals surface area contributed by atoms with E-state index in [-0.39, 0.29) is 0 Å². The van der Waals surface area contributed by atoms with Crippen molar-refractivity contribution in [2.24, 2.45) is 0 Å². The molecule has 5 heteroatoms. The van der Waals surface area contributed by atoms with Crippen LogP contribution >= 0.6 is 0 Å². The largest absolute Gasteiger partial charge is 0.243 e. The maximum atomic E-state index is 4.24. The molecule has 0 radical (unpaired) electrons. The van der Waals surface area contributed by atoms with Gasteiger partial charge in [0.1, 0.15) is 12.0 Å². The minimum Gasteiger partial charge on any atom is -0.243 e. The van der Waals surface area contributed by atoms with Crippen LogP contribution < -0.4 is 0 Å². The van der Waals surface area contributed by atoms with E-state index in [1.54, 1.807) is 22.0 Å². The highest BCUT2D eigenvalue weighted by Crippen LogP contribution is 2.24. The van der Waals surface area contributed by atoms with Crippen LogP contribution in [0.15, 0.2) is 79.5 Å². The Labute approximate surface area is 127 Å². The van der Waals surface area contributed by atoms with Crippen LogP contribution in [0, 0.1) is 0 Å². The molecule has 2 aromatic carbocycles. The van der Waals surface area contributed by atoms with Crippen LogP contribution in [0.2, 0.25) is 0 Å². The zero-order chi connectivity index (χ0) is 14.8. The molecule has 4 aromatic rings. The van der Waals surface area contributed by atoms with Crippen molar-refractivity contribution >= 4 is 0 Å². The Bertz CT molecular complexity index is 878. The fourth-order valence-corrected chi connectivity index (χ4v) is 2.36. The highest BCUT2D eigenvalue weighted by Gasteiger charge is 2.06. The van der Waals surface area contributed by atoms with E-state index in [0.717, 1.165) is 16.8 Å². The molecule has 5 nitrogen and oxygen atoms in total. The molecule has 0 aliphatic carbocycles. The van der Waals surface area contributed by atoms with E-state index in [9.17, 15) is 0 Å². The van der Waals surface area contributed by atoms with Gasteiger partial charge in [-0.05, 0) is 22.4 Å². The first-order valence-electron chi connectivity index (χ1n) is 6.97. The van der Waals surface area contributed by atoms with Gasteiger partial charge in [0.05, 0.1) is 6.20 Å². The summed E-state index contributed by atoms with van der Waals surface area (Å²) < 4.78 is 1.76. The van der Waals surface area contributed by atoms with Gasteiger partial charge >= 0.3 is 0 Å². The van der Waals surface area contributed by atoms with Crippen molar-refractivity contribution in [2.75, 3.05) is 0 Å². The zero-order valence-corrected chi connectivity index (χ0v) is 11.7. The summed E-state index contributed by atoms with van der Waals surface area (Å²) in [5.74, 6) is 0. The van der Waals surface area contributed by atoms with Crippen LogP contribution in [-0.4, -0.2) is 24.8 Å². The Morgan fingerprint density at radius 1 is 0.818 bits per heavy atom. The van der Waals surface area contributed by atoms with Crippen molar-refractivity contribution in [1.29, 1.82) is 0 Å². The summed E-state index contributed by atoms with van der Waals surface area (Å²) in [6, 6.07) is 18.6. The third-order valence-electron chi connectivity index (χ3n) is 3.47. The predicted octanol–water partition coefficient (Wildman–Crippen LogP) is 3.12. The predicted molar refractivity (Wildman–Crippen MR) is 83.9 cm³/mol. The highest BCUT2D eigenvalue weighted by molar-refractivity contribution is 5.70. The molecule has 22 heavy (non-hydrogen) atoms. The Morgan fingerprint density at radius 2 is 1.64 bits per heavy atom. The van der Waals surface area contributed by atoms with E-state index in [1.165, 1.54) is 5.56 Å². The van der Waals surface area contributed by atoms with Crippen LogP contribution in [-0.2, 0) is 0 Å². The van der Waals surface area contributed by atoms with Gasteiger partial charge in [-0.1, -0.05) is 48.5 Å². The fraction of sp³-hybridized carbons (Fsp3) is 0. The summed E-state index contributed by atoms with van der Waals surface area (Å²) in [7, 11) is 0. The van der Waals surface area contributed by atoms with Crippen molar-refractivity contribution in [2.45, 2.75) is 0 Å². The van der Waals surface area contributed by atoms with Gasteiger partial charge in [0, 0.05) is 18.0 Å². The van der Waals surface area contributed by atoms with E-state index in [0.29, 0.717) is 0 Å². The summed E-state index contributed by atoms with van der Waals surface area (Å²) in [4.78, 5) is 5.66. The third-order valence-corrected chi connectivity index (χ3v) is 3.47. The Balaban J connectivity index is 1.72. The van der Waals surface area contributed by atoms with E-state index in [2.05, 4.69) is 39.6 Å². The van der Waals surface area contributed by atoms with Crippen LogP contribution in [0.4, 0.5) is 0 Å². The molecule has 0 saturated heterocycles. The summed E-state index contributed by atoms with van der Waals surface area (Å²) in [6.07, 6.45) is 7.08. The molecular weight excluding hydrogens is 274 g/mol. The van der Waals surface area contributed by atoms with E-state index in [4.69, 9.17) is 0 Å². The first-order valence-corrected chi connectivity index (χ1v) is 6.97. The SMILES string of the molecule is c1ccc(-c2cccc(-c3cn(-n4ccnc4)nn3)c2)cc1. The van der Waals surface area contributed by atoms with Crippen LogP contribution in [0.1, 0.15) is 0 Å². The molecule has 0 atom stereocenters. The number of aromatic nitrogens is 5. The molecule has 0 saturated carbocycles. The number of nitrogens with zero attached hydrogens (tertiary/aromatic N) is 5. The van der Waals surface area contributed by atoms with Gasteiger partial charge in [0.2, 0.25) is 0 Å². The molecular formula is C17H13N5. The second kappa shape index (κ2) is 5.29. The van der Waals surface area contributed by atoms with Crippen molar-refractivity contribution < 1.29 is 0 Å². The van der Waals surface area contributed by atoms with Crippen molar-refractivity contribution in [3.63, 3.8) is 0 Å². The van der Waals surface area contributed by atoms with Gasteiger partial charge < -0.3 is 0 Å². The number of hydrogen-bond acceptors (Lipinski definition) is 3. The second-order valence-electron chi connectivity index (χ2n) is 4.91. The lowest BCUT2D eigenvalue weighted by Crippen LogP contribution is -2.06. The molecule has 0 spiro atoms. The van der Waals surface area contributed by atoms with Crippen LogP contribution in [0.25, 0.3) is 22.4 Å². The quantitative estimate of drug-likeness (QED) is 0.581. The summed E-state index contributed by atoms with van der Waals surface area (Å²) in [5.41, 5.74) is 4.21. The van der Waals surface area contributed by atoms with Gasteiger partial charge in [-0.2, -0.15) is 4.79 Å². The van der Waals surface area contributed by atoms with Gasteiger partial charge in [0.15, 0.2) is 0 Å². The minimum atomic E-state index is 0.825. The van der Waals surface area contributed by atoms with Crippen LogP contribution in [0.3, 0.4) is 0 Å². The fourth-order valence-electron chi connectivity index (χ4n) is 2.36. The van der Waals surface area contributed by atoms with Gasteiger partial charge in [0.25, 0.3) is 0 Å². The van der Waals surface area contributed by atoms with Gasteiger partial charge in [-0.25, -0.2) is 9.66 Å². The summed E-state index contributed by atoms with van der Waals surface area (Å²) in [5, 5.41) is 8.37. The van der Waals surface area contributed by atoms with Crippen molar-refractivity contribution in [3.8, 4) is 22.4 Å². The topological polar surface area (TPSA) is 48.5 Å². The third kappa shape index (κ3) is 2.29. The molecule has 0 aliphatic heterocycles. The maximum absolute atomic E-state index is 4.24. The monoisotopic (exact) mass is 287 g/mol. The van der Waals surface area contributed by atoms with Gasteiger partial charge in [-0.15, -0.1) is 5.10 Å². The average Bonchev–Trinajstić information content (AvgIpc) is 3.27. The first-order chi connectivity index (χ1) is 10.9. The van der Waals surface area contributed by atoms with Crippen LogP contribution in [0.5, 0.6) is 0 Å². The lowest BCUT2D eigenvalue weighted by molar-refractivity contribution is 0.549. The molecule has 2 aromatic heterocycles. The zero-order valence-electron chi connectivity index (χ0n) is 11.7. The Kier molecular flexibility index (Phi) is 3.01. The molecule has 0 amide bonds. The minimum absolute atomic E-state index is 0.825. The Morgan fingerprint density at radius 3 is 2.45 bits per heavy atom. The number of rotatable bonds is 3. The molecule has 0 N–H and O–H groups in total. The van der Waals surface area contributed by atoms with Crippen molar-refractivity contribution in [3.05, 3.63) is 79.5 Å². The first kappa shape index (κ1) is 12.5.